The summed E-state index contributed by atoms with van der Waals surface area (Å²) < 4.78 is 5.51. The van der Waals surface area contributed by atoms with Crippen LogP contribution >= 0.6 is 11.8 Å². The summed E-state index contributed by atoms with van der Waals surface area (Å²) in [5, 5.41) is 6.83. The van der Waals surface area contributed by atoms with Crippen LogP contribution in [-0.4, -0.2) is 44.2 Å². The first-order valence-corrected chi connectivity index (χ1v) is 9.11. The number of guanidine groups is 1. The number of methoxy groups -OCH3 is 1. The lowest BCUT2D eigenvalue weighted by Gasteiger charge is -2.28. The molecule has 0 radical (unpaired) electrons. The van der Waals surface area contributed by atoms with Gasteiger partial charge in [0.15, 0.2) is 5.96 Å². The Kier molecular flexibility index (Phi) is 7.26. The molecule has 0 unspecified atom stereocenters. The minimum atomic E-state index is -0.0266. The second kappa shape index (κ2) is 8.48. The number of ether oxygens (including phenoxy) is 1. The molecule has 23 heavy (non-hydrogen) atoms. The Labute approximate surface area is 145 Å². The number of benzene rings is 1. The summed E-state index contributed by atoms with van der Waals surface area (Å²) in [6.45, 7) is 10.5. The Balaban J connectivity index is 2.66. The van der Waals surface area contributed by atoms with Crippen molar-refractivity contribution < 1.29 is 4.74 Å². The molecule has 0 aromatic heterocycles. The zero-order valence-corrected chi connectivity index (χ0v) is 16.3. The van der Waals surface area contributed by atoms with Crippen molar-refractivity contribution in [3.8, 4) is 5.75 Å². The number of thioether (sulfide) groups is 1. The van der Waals surface area contributed by atoms with Gasteiger partial charge in [-0.2, -0.15) is 11.8 Å². The van der Waals surface area contributed by atoms with Crippen LogP contribution in [0.15, 0.2) is 29.3 Å². The minimum absolute atomic E-state index is 0.0266. The van der Waals surface area contributed by atoms with E-state index in [2.05, 4.69) is 61.7 Å². The van der Waals surface area contributed by atoms with E-state index in [0.717, 1.165) is 24.8 Å². The number of rotatable bonds is 7. The molecule has 4 nitrogen and oxygen atoms in total. The zero-order chi connectivity index (χ0) is 17.5. The van der Waals surface area contributed by atoms with E-state index in [9.17, 15) is 0 Å². The van der Waals surface area contributed by atoms with Gasteiger partial charge in [-0.3, -0.25) is 4.99 Å². The molecule has 130 valence electrons. The predicted octanol–water partition coefficient (Wildman–Crippen LogP) is 3.28. The standard InChI is InChI=1S/C18H31N3OS/c1-17(2,14-9-8-10-15(11-14)22-6)12-20-16(19-5)21-13-18(3,4)23-7/h8-11H,12-13H2,1-7H3,(H2,19,20,21). The lowest BCUT2D eigenvalue weighted by molar-refractivity contribution is 0.411. The molecule has 0 amide bonds. The SMILES string of the molecule is CN=C(NCC(C)(C)SC)NCC(C)(C)c1cccc(OC)c1. The Bertz CT molecular complexity index is 527. The van der Waals surface area contributed by atoms with E-state index < -0.39 is 0 Å². The highest BCUT2D eigenvalue weighted by Gasteiger charge is 2.22. The van der Waals surface area contributed by atoms with Crippen molar-refractivity contribution in [2.75, 3.05) is 33.5 Å². The van der Waals surface area contributed by atoms with Crippen molar-refractivity contribution >= 4 is 17.7 Å². The van der Waals surface area contributed by atoms with Crippen LogP contribution < -0.4 is 15.4 Å². The maximum absolute atomic E-state index is 5.33. The molecule has 0 spiro atoms. The molecule has 0 bridgehead atoms. The van der Waals surface area contributed by atoms with Crippen LogP contribution in [0, 0.1) is 0 Å². The van der Waals surface area contributed by atoms with Gasteiger partial charge in [0.2, 0.25) is 0 Å². The first-order chi connectivity index (χ1) is 10.7. The Hall–Kier alpha value is -1.36. The molecule has 0 saturated carbocycles. The molecular formula is C18H31N3OS. The van der Waals surface area contributed by atoms with Crippen LogP contribution in [0.4, 0.5) is 0 Å². The van der Waals surface area contributed by atoms with E-state index in [-0.39, 0.29) is 10.2 Å². The van der Waals surface area contributed by atoms with E-state index in [4.69, 9.17) is 4.74 Å². The van der Waals surface area contributed by atoms with Gasteiger partial charge >= 0.3 is 0 Å². The average Bonchev–Trinajstić information content (AvgIpc) is 2.55. The molecule has 0 fully saturated rings. The van der Waals surface area contributed by atoms with Gasteiger partial charge in [0, 0.05) is 30.3 Å². The zero-order valence-electron chi connectivity index (χ0n) is 15.5. The van der Waals surface area contributed by atoms with Crippen molar-refractivity contribution in [3.63, 3.8) is 0 Å². The molecular weight excluding hydrogens is 306 g/mol. The summed E-state index contributed by atoms with van der Waals surface area (Å²) in [6, 6.07) is 8.23. The Morgan fingerprint density at radius 2 is 1.83 bits per heavy atom. The molecule has 0 saturated heterocycles. The lowest BCUT2D eigenvalue weighted by atomic mass is 9.84. The van der Waals surface area contributed by atoms with Crippen LogP contribution in [-0.2, 0) is 5.41 Å². The average molecular weight is 338 g/mol. The van der Waals surface area contributed by atoms with Crippen LogP contribution in [0.3, 0.4) is 0 Å². The second-order valence-electron chi connectivity index (χ2n) is 6.86. The maximum atomic E-state index is 5.33. The minimum Gasteiger partial charge on any atom is -0.497 e. The molecule has 1 aromatic carbocycles. The van der Waals surface area contributed by atoms with Crippen LogP contribution in [0.5, 0.6) is 5.75 Å². The molecule has 0 aliphatic rings. The van der Waals surface area contributed by atoms with Gasteiger partial charge in [-0.1, -0.05) is 26.0 Å². The Morgan fingerprint density at radius 1 is 1.17 bits per heavy atom. The van der Waals surface area contributed by atoms with E-state index in [0.29, 0.717) is 0 Å². The van der Waals surface area contributed by atoms with Gasteiger partial charge in [-0.15, -0.1) is 0 Å². The van der Waals surface area contributed by atoms with Gasteiger partial charge in [0.1, 0.15) is 5.75 Å². The topological polar surface area (TPSA) is 45.7 Å². The molecule has 0 atom stereocenters. The first-order valence-electron chi connectivity index (χ1n) is 7.88. The number of aliphatic imine (C=N–C) groups is 1. The summed E-state index contributed by atoms with van der Waals surface area (Å²) in [4.78, 5) is 4.32. The monoisotopic (exact) mass is 337 g/mol. The highest BCUT2D eigenvalue weighted by Crippen LogP contribution is 2.25. The van der Waals surface area contributed by atoms with Crippen LogP contribution in [0.2, 0.25) is 0 Å². The summed E-state index contributed by atoms with van der Waals surface area (Å²) in [5.41, 5.74) is 1.21. The van der Waals surface area contributed by atoms with Crippen molar-refractivity contribution in [2.24, 2.45) is 4.99 Å². The van der Waals surface area contributed by atoms with E-state index in [1.807, 2.05) is 23.9 Å². The van der Waals surface area contributed by atoms with Gasteiger partial charge in [0.25, 0.3) is 0 Å². The molecule has 0 aliphatic heterocycles. The first kappa shape index (κ1) is 19.7. The highest BCUT2D eigenvalue weighted by molar-refractivity contribution is 7.99. The predicted molar refractivity (Wildman–Crippen MR) is 103 cm³/mol. The number of hydrogen-bond donors (Lipinski definition) is 2. The number of hydrogen-bond acceptors (Lipinski definition) is 3. The van der Waals surface area contributed by atoms with Crippen molar-refractivity contribution in [1.82, 2.24) is 10.6 Å². The summed E-state index contributed by atoms with van der Waals surface area (Å²) >= 11 is 1.84. The quantitative estimate of drug-likeness (QED) is 0.592. The fourth-order valence-electron chi connectivity index (χ4n) is 2.04. The van der Waals surface area contributed by atoms with Gasteiger partial charge < -0.3 is 15.4 Å². The van der Waals surface area contributed by atoms with Gasteiger partial charge in [0.05, 0.1) is 7.11 Å². The van der Waals surface area contributed by atoms with Crippen molar-refractivity contribution in [2.45, 2.75) is 37.9 Å². The summed E-state index contributed by atoms with van der Waals surface area (Å²) in [6.07, 6.45) is 2.13. The molecule has 2 N–H and O–H groups in total. The molecule has 0 heterocycles. The fourth-order valence-corrected chi connectivity index (χ4v) is 2.26. The normalized spacial score (nSPS) is 12.9. The van der Waals surface area contributed by atoms with E-state index in [1.165, 1.54) is 5.56 Å². The number of nitrogens with one attached hydrogen (secondary N) is 2. The fraction of sp³-hybridized carbons (Fsp3) is 0.611. The molecule has 0 aliphatic carbocycles. The highest BCUT2D eigenvalue weighted by atomic mass is 32.2. The number of nitrogens with zero attached hydrogens (tertiary/aromatic N) is 1. The third-order valence-corrected chi connectivity index (χ3v) is 5.26. The van der Waals surface area contributed by atoms with E-state index >= 15 is 0 Å². The van der Waals surface area contributed by atoms with Gasteiger partial charge in [-0.25, -0.2) is 0 Å². The van der Waals surface area contributed by atoms with Crippen LogP contribution in [0.1, 0.15) is 33.3 Å². The smallest absolute Gasteiger partial charge is 0.191 e. The largest absolute Gasteiger partial charge is 0.497 e. The van der Waals surface area contributed by atoms with Crippen molar-refractivity contribution in [1.29, 1.82) is 0 Å². The molecule has 5 heteroatoms. The third kappa shape index (κ3) is 6.34. The van der Waals surface area contributed by atoms with Crippen molar-refractivity contribution in [3.05, 3.63) is 29.8 Å². The maximum Gasteiger partial charge on any atom is 0.191 e. The lowest BCUT2D eigenvalue weighted by Crippen LogP contribution is -2.46. The molecule has 1 rings (SSSR count). The van der Waals surface area contributed by atoms with Gasteiger partial charge in [-0.05, 0) is 37.8 Å². The second-order valence-corrected chi connectivity index (χ2v) is 8.37. The summed E-state index contributed by atoms with van der Waals surface area (Å²) in [7, 11) is 3.50. The van der Waals surface area contributed by atoms with Crippen LogP contribution in [0.25, 0.3) is 0 Å². The summed E-state index contributed by atoms with van der Waals surface area (Å²) in [5.74, 6) is 1.72. The molecule has 1 aromatic rings. The Morgan fingerprint density at radius 3 is 2.39 bits per heavy atom. The third-order valence-electron chi connectivity index (χ3n) is 4.01. The van der Waals surface area contributed by atoms with E-state index in [1.54, 1.807) is 14.2 Å².